The number of rotatable bonds is 2. The van der Waals surface area contributed by atoms with Crippen LogP contribution in [-0.4, -0.2) is 22.0 Å². The zero-order chi connectivity index (χ0) is 18.2. The van der Waals surface area contributed by atoms with E-state index in [-0.39, 0.29) is 5.78 Å². The topological polar surface area (TPSA) is 48.3 Å². The van der Waals surface area contributed by atoms with E-state index in [0.717, 1.165) is 5.39 Å². The van der Waals surface area contributed by atoms with Crippen LogP contribution in [0.15, 0.2) is 54.6 Å². The van der Waals surface area contributed by atoms with Crippen LogP contribution in [0.1, 0.15) is 42.4 Å². The molecule has 1 aromatic heterocycles. The smallest absolute Gasteiger partial charge is 0.419 e. The van der Waals surface area contributed by atoms with Crippen LogP contribution in [0, 0.1) is 6.92 Å². The van der Waals surface area contributed by atoms with Crippen molar-refractivity contribution in [2.75, 3.05) is 0 Å². The summed E-state index contributed by atoms with van der Waals surface area (Å²) in [5.74, 6) is -0.100. The van der Waals surface area contributed by atoms with E-state index in [1.165, 1.54) is 4.57 Å². The van der Waals surface area contributed by atoms with Crippen LogP contribution in [0.4, 0.5) is 4.79 Å². The first kappa shape index (κ1) is 17.0. The monoisotopic (exact) mass is 335 g/mol. The lowest BCUT2D eigenvalue weighted by molar-refractivity contribution is 0.0541. The Morgan fingerprint density at radius 1 is 0.920 bits per heavy atom. The minimum Gasteiger partial charge on any atom is -0.443 e. The second kappa shape index (κ2) is 6.20. The van der Waals surface area contributed by atoms with E-state index in [4.69, 9.17) is 4.74 Å². The van der Waals surface area contributed by atoms with Crippen LogP contribution in [0.5, 0.6) is 0 Å². The molecule has 0 saturated heterocycles. The molecule has 0 atom stereocenters. The van der Waals surface area contributed by atoms with Gasteiger partial charge in [0.2, 0.25) is 0 Å². The van der Waals surface area contributed by atoms with E-state index < -0.39 is 11.7 Å². The molecule has 0 aliphatic carbocycles. The van der Waals surface area contributed by atoms with Gasteiger partial charge >= 0.3 is 6.09 Å². The number of nitrogens with zero attached hydrogens (tertiary/aromatic N) is 1. The summed E-state index contributed by atoms with van der Waals surface area (Å²) < 4.78 is 7.01. The first-order valence-electron chi connectivity index (χ1n) is 8.23. The fourth-order valence-corrected chi connectivity index (χ4v) is 2.93. The second-order valence-corrected chi connectivity index (χ2v) is 6.99. The highest BCUT2D eigenvalue weighted by Crippen LogP contribution is 2.29. The van der Waals surface area contributed by atoms with E-state index in [1.807, 2.05) is 63.2 Å². The van der Waals surface area contributed by atoms with E-state index in [9.17, 15) is 9.59 Å². The lowest BCUT2D eigenvalue weighted by atomic mass is 10.0. The van der Waals surface area contributed by atoms with Crippen molar-refractivity contribution in [3.8, 4) is 0 Å². The summed E-state index contributed by atoms with van der Waals surface area (Å²) in [6.45, 7) is 7.24. The van der Waals surface area contributed by atoms with Gasteiger partial charge in [-0.25, -0.2) is 9.36 Å². The Hall–Kier alpha value is -2.88. The number of fused-ring (bicyclic) bond motifs is 1. The Labute approximate surface area is 147 Å². The molecule has 0 aliphatic heterocycles. The van der Waals surface area contributed by atoms with Crippen molar-refractivity contribution in [3.05, 3.63) is 71.4 Å². The predicted octanol–water partition coefficient (Wildman–Crippen LogP) is 4.96. The summed E-state index contributed by atoms with van der Waals surface area (Å²) in [6.07, 6.45) is -0.478. The van der Waals surface area contributed by atoms with Gasteiger partial charge in [0, 0.05) is 16.6 Å². The highest BCUT2D eigenvalue weighted by molar-refractivity contribution is 6.18. The highest BCUT2D eigenvalue weighted by Gasteiger charge is 2.26. The highest BCUT2D eigenvalue weighted by atomic mass is 16.6. The van der Waals surface area contributed by atoms with E-state index >= 15 is 0 Å². The van der Waals surface area contributed by atoms with Gasteiger partial charge in [-0.05, 0) is 33.8 Å². The average molecular weight is 335 g/mol. The SMILES string of the molecule is Cc1c(C(=O)c2ccccc2)c2ccccc2n1C(=O)OC(C)(C)C. The number of para-hydroxylation sites is 1. The van der Waals surface area contributed by atoms with Gasteiger partial charge in [-0.15, -0.1) is 0 Å². The molecule has 0 bridgehead atoms. The molecule has 4 nitrogen and oxygen atoms in total. The minimum absolute atomic E-state index is 0.100. The van der Waals surface area contributed by atoms with Gasteiger partial charge in [0.1, 0.15) is 5.60 Å². The van der Waals surface area contributed by atoms with Crippen molar-refractivity contribution in [1.29, 1.82) is 0 Å². The van der Waals surface area contributed by atoms with Crippen LogP contribution in [-0.2, 0) is 4.74 Å². The molecule has 25 heavy (non-hydrogen) atoms. The number of benzene rings is 2. The average Bonchev–Trinajstić information content (AvgIpc) is 2.85. The molecule has 0 N–H and O–H groups in total. The second-order valence-electron chi connectivity index (χ2n) is 6.99. The maximum Gasteiger partial charge on any atom is 0.419 e. The summed E-state index contributed by atoms with van der Waals surface area (Å²) in [7, 11) is 0. The van der Waals surface area contributed by atoms with Gasteiger partial charge in [-0.3, -0.25) is 4.79 Å². The molecule has 0 amide bonds. The zero-order valence-electron chi connectivity index (χ0n) is 14.9. The molecule has 3 aromatic rings. The van der Waals surface area contributed by atoms with Gasteiger partial charge in [0.15, 0.2) is 5.78 Å². The van der Waals surface area contributed by atoms with Crippen LogP contribution in [0.2, 0.25) is 0 Å². The Morgan fingerprint density at radius 2 is 1.52 bits per heavy atom. The largest absolute Gasteiger partial charge is 0.443 e. The van der Waals surface area contributed by atoms with Crippen molar-refractivity contribution >= 4 is 22.8 Å². The van der Waals surface area contributed by atoms with Crippen molar-refractivity contribution in [1.82, 2.24) is 4.57 Å². The van der Waals surface area contributed by atoms with Crippen LogP contribution < -0.4 is 0 Å². The molecule has 128 valence electrons. The van der Waals surface area contributed by atoms with Crippen molar-refractivity contribution in [2.24, 2.45) is 0 Å². The maximum absolute atomic E-state index is 13.0. The number of hydrogen-bond donors (Lipinski definition) is 0. The van der Waals surface area contributed by atoms with Crippen molar-refractivity contribution in [3.63, 3.8) is 0 Å². The summed E-state index contributed by atoms with van der Waals surface area (Å²) >= 11 is 0. The van der Waals surface area contributed by atoms with Crippen LogP contribution in [0.25, 0.3) is 10.9 Å². The molecule has 0 saturated carbocycles. The molecule has 1 heterocycles. The molecule has 0 radical (unpaired) electrons. The molecule has 0 unspecified atom stereocenters. The van der Waals surface area contributed by atoms with Crippen LogP contribution >= 0.6 is 0 Å². The van der Waals surface area contributed by atoms with Crippen molar-refractivity contribution in [2.45, 2.75) is 33.3 Å². The molecule has 3 rings (SSSR count). The third kappa shape index (κ3) is 3.20. The van der Waals surface area contributed by atoms with Gasteiger partial charge in [-0.1, -0.05) is 48.5 Å². The molecule has 2 aromatic carbocycles. The van der Waals surface area contributed by atoms with Gasteiger partial charge in [-0.2, -0.15) is 0 Å². The summed E-state index contributed by atoms with van der Waals surface area (Å²) in [5, 5.41) is 0.750. The zero-order valence-corrected chi connectivity index (χ0v) is 14.9. The minimum atomic E-state index is -0.613. The maximum atomic E-state index is 13.0. The Morgan fingerprint density at radius 3 is 2.16 bits per heavy atom. The number of ketones is 1. The number of aromatic nitrogens is 1. The van der Waals surface area contributed by atoms with Crippen LogP contribution in [0.3, 0.4) is 0 Å². The standard InChI is InChI=1S/C21H21NO3/c1-14-18(19(23)15-10-6-5-7-11-15)16-12-8-9-13-17(16)22(14)20(24)25-21(2,3)4/h5-13H,1-4H3. The van der Waals surface area contributed by atoms with E-state index in [1.54, 1.807) is 19.1 Å². The molecular weight excluding hydrogens is 314 g/mol. The number of carbonyl (C=O) groups excluding carboxylic acids is 2. The first-order chi connectivity index (χ1) is 11.8. The quantitative estimate of drug-likeness (QED) is 0.622. The van der Waals surface area contributed by atoms with Gasteiger partial charge in [0.25, 0.3) is 0 Å². The Kier molecular flexibility index (Phi) is 4.21. The molecule has 0 fully saturated rings. The van der Waals surface area contributed by atoms with Crippen molar-refractivity contribution < 1.29 is 14.3 Å². The molecule has 0 spiro atoms. The van der Waals surface area contributed by atoms with Gasteiger partial charge < -0.3 is 4.74 Å². The fraction of sp³-hybridized carbons (Fsp3) is 0.238. The van der Waals surface area contributed by atoms with E-state index in [0.29, 0.717) is 22.3 Å². The lowest BCUT2D eigenvalue weighted by Gasteiger charge is -2.20. The third-order valence-electron chi connectivity index (χ3n) is 3.95. The third-order valence-corrected chi connectivity index (χ3v) is 3.95. The Bertz CT molecular complexity index is 946. The summed E-state index contributed by atoms with van der Waals surface area (Å²) in [6, 6.07) is 16.5. The predicted molar refractivity (Wildman–Crippen MR) is 98.2 cm³/mol. The summed E-state index contributed by atoms with van der Waals surface area (Å²) in [4.78, 5) is 25.7. The first-order valence-corrected chi connectivity index (χ1v) is 8.23. The molecular formula is C21H21NO3. The normalized spacial score (nSPS) is 11.5. The molecule has 0 aliphatic rings. The summed E-state index contributed by atoms with van der Waals surface area (Å²) in [5.41, 5.74) is 1.78. The van der Waals surface area contributed by atoms with E-state index in [2.05, 4.69) is 0 Å². The number of ether oxygens (including phenoxy) is 1. The number of hydrogen-bond acceptors (Lipinski definition) is 3. The Balaban J connectivity index is 2.20. The lowest BCUT2D eigenvalue weighted by Crippen LogP contribution is -2.27. The molecule has 4 heteroatoms. The fourth-order valence-electron chi connectivity index (χ4n) is 2.93. The number of carbonyl (C=O) groups is 2. The van der Waals surface area contributed by atoms with Gasteiger partial charge in [0.05, 0.1) is 11.1 Å².